The Morgan fingerprint density at radius 2 is 1.92 bits per heavy atom. The van der Waals surface area contributed by atoms with E-state index in [4.69, 9.17) is 0 Å². The number of nitrogens with one attached hydrogen (secondary N) is 1. The van der Waals surface area contributed by atoms with Crippen molar-refractivity contribution in [1.82, 2.24) is 4.90 Å². The fraction of sp³-hybridized carbons (Fsp3) is 0.367. The maximum Gasteiger partial charge on any atom is 0.264 e. The average Bonchev–Trinajstić information content (AvgIpc) is 3.14. The highest BCUT2D eigenvalue weighted by molar-refractivity contribution is 6.08. The first-order chi connectivity index (χ1) is 18.6. The topological polar surface area (TPSA) is 130 Å². The molecular formula is C30H35N3O6. The van der Waals surface area contributed by atoms with Crippen LogP contribution in [-0.2, 0) is 33.0 Å². The molecule has 0 fully saturated rings. The maximum atomic E-state index is 13.5. The third-order valence-electron chi connectivity index (χ3n) is 7.49. The van der Waals surface area contributed by atoms with Gasteiger partial charge < -0.3 is 30.4 Å². The largest absolute Gasteiger partial charge is 0.394 e. The molecule has 9 nitrogen and oxygen atoms in total. The number of aliphatic hydroxyl groups excluding tert-OH is 2. The molecule has 0 saturated heterocycles. The zero-order valence-electron chi connectivity index (χ0n) is 22.2. The Balaban J connectivity index is 1.54. The second-order valence-corrected chi connectivity index (χ2v) is 10.1. The van der Waals surface area contributed by atoms with Gasteiger partial charge in [0.25, 0.3) is 11.8 Å². The molecule has 4 N–H and O–H groups in total. The van der Waals surface area contributed by atoms with E-state index in [1.54, 1.807) is 42.2 Å². The number of carbonyl (C=O) groups excluding carboxylic acids is 3. The molecule has 39 heavy (non-hydrogen) atoms. The first kappa shape index (κ1) is 28.2. The summed E-state index contributed by atoms with van der Waals surface area (Å²) in [5.74, 6) is -2.02. The molecule has 2 aromatic carbocycles. The fourth-order valence-corrected chi connectivity index (χ4v) is 5.25. The minimum Gasteiger partial charge on any atom is -0.394 e. The van der Waals surface area contributed by atoms with Crippen molar-refractivity contribution < 1.29 is 29.7 Å². The molecule has 0 saturated carbocycles. The Hall–Kier alpha value is -3.79. The van der Waals surface area contributed by atoms with Crippen LogP contribution >= 0.6 is 0 Å². The van der Waals surface area contributed by atoms with Crippen molar-refractivity contribution in [3.8, 4) is 0 Å². The van der Waals surface area contributed by atoms with Crippen molar-refractivity contribution in [3.63, 3.8) is 0 Å². The lowest BCUT2D eigenvalue weighted by Gasteiger charge is -2.36. The van der Waals surface area contributed by atoms with E-state index in [-0.39, 0.29) is 31.5 Å². The molecule has 2 aliphatic rings. The monoisotopic (exact) mass is 533 g/mol. The smallest absolute Gasteiger partial charge is 0.264 e. The van der Waals surface area contributed by atoms with E-state index in [0.29, 0.717) is 29.9 Å². The molecule has 4 atom stereocenters. The Morgan fingerprint density at radius 3 is 2.59 bits per heavy atom. The quantitative estimate of drug-likeness (QED) is 0.366. The van der Waals surface area contributed by atoms with Crippen molar-refractivity contribution in [2.24, 2.45) is 5.92 Å². The van der Waals surface area contributed by atoms with Crippen LogP contribution in [-0.4, -0.2) is 63.2 Å². The number of anilines is 2. The minimum atomic E-state index is -1.94. The number of rotatable bonds is 9. The van der Waals surface area contributed by atoms with Gasteiger partial charge in [-0.1, -0.05) is 49.4 Å². The predicted molar refractivity (Wildman–Crippen MR) is 148 cm³/mol. The normalized spacial score (nSPS) is 21.9. The summed E-state index contributed by atoms with van der Waals surface area (Å²) in [4.78, 5) is 41.7. The highest BCUT2D eigenvalue weighted by Gasteiger charge is 2.52. The number of benzene rings is 2. The van der Waals surface area contributed by atoms with Crippen LogP contribution in [0.5, 0.6) is 0 Å². The molecule has 0 radical (unpaired) electrons. The van der Waals surface area contributed by atoms with Gasteiger partial charge in [0.1, 0.15) is 6.10 Å². The van der Waals surface area contributed by atoms with Crippen molar-refractivity contribution in [2.45, 2.75) is 51.0 Å². The van der Waals surface area contributed by atoms with E-state index < -0.39 is 29.4 Å². The molecule has 4 rings (SSSR count). The van der Waals surface area contributed by atoms with Gasteiger partial charge in [0.15, 0.2) is 5.60 Å². The van der Waals surface area contributed by atoms with E-state index in [1.165, 1.54) is 17.9 Å². The SMILES string of the molecule is C=CCN1C(=O)[C@](O)([C@H](C)/C=C/CC(=O)N2Cc3ccccc3C[C@H]2CO)c2cc(NC(=O)[C@H](C)O)ccc21. The summed E-state index contributed by atoms with van der Waals surface area (Å²) in [5.41, 5.74) is 1.37. The van der Waals surface area contributed by atoms with Crippen molar-refractivity contribution >= 4 is 29.1 Å². The molecule has 2 heterocycles. The first-order valence-electron chi connectivity index (χ1n) is 13.0. The number of nitrogens with zero attached hydrogens (tertiary/aromatic N) is 2. The number of carbonyl (C=O) groups is 3. The van der Waals surface area contributed by atoms with Gasteiger partial charge in [-0.25, -0.2) is 0 Å². The first-order valence-corrected chi connectivity index (χ1v) is 13.0. The zero-order chi connectivity index (χ0) is 28.3. The molecule has 0 unspecified atom stereocenters. The number of hydrogen-bond donors (Lipinski definition) is 4. The van der Waals surface area contributed by atoms with Crippen LogP contribution in [0.25, 0.3) is 0 Å². The second kappa shape index (κ2) is 11.5. The third-order valence-corrected chi connectivity index (χ3v) is 7.49. The fourth-order valence-electron chi connectivity index (χ4n) is 5.25. The van der Waals surface area contributed by atoms with Crippen molar-refractivity contribution in [3.05, 3.63) is 84.0 Å². The van der Waals surface area contributed by atoms with E-state index in [0.717, 1.165) is 11.1 Å². The summed E-state index contributed by atoms with van der Waals surface area (Å²) in [7, 11) is 0. The number of fused-ring (bicyclic) bond motifs is 2. The van der Waals surface area contributed by atoms with Gasteiger partial charge in [-0.2, -0.15) is 0 Å². The van der Waals surface area contributed by atoms with Crippen molar-refractivity contribution in [2.75, 3.05) is 23.4 Å². The summed E-state index contributed by atoms with van der Waals surface area (Å²) < 4.78 is 0. The summed E-state index contributed by atoms with van der Waals surface area (Å²) >= 11 is 0. The molecule has 2 aromatic rings. The van der Waals surface area contributed by atoms with Gasteiger partial charge in [-0.3, -0.25) is 14.4 Å². The molecule has 0 spiro atoms. The lowest BCUT2D eigenvalue weighted by molar-refractivity contribution is -0.139. The van der Waals surface area contributed by atoms with Crippen molar-refractivity contribution in [1.29, 1.82) is 0 Å². The van der Waals surface area contributed by atoms with Crippen LogP contribution in [0.2, 0.25) is 0 Å². The van der Waals surface area contributed by atoms with Gasteiger partial charge in [0.2, 0.25) is 5.91 Å². The summed E-state index contributed by atoms with van der Waals surface area (Å²) in [6, 6.07) is 12.3. The van der Waals surface area contributed by atoms with Gasteiger partial charge in [-0.05, 0) is 42.7 Å². The Kier molecular flexibility index (Phi) is 8.34. The van der Waals surface area contributed by atoms with Gasteiger partial charge in [-0.15, -0.1) is 6.58 Å². The Labute approximate surface area is 228 Å². The van der Waals surface area contributed by atoms with Crippen LogP contribution in [0.3, 0.4) is 0 Å². The van der Waals surface area contributed by atoms with Gasteiger partial charge >= 0.3 is 0 Å². The molecule has 0 aromatic heterocycles. The van der Waals surface area contributed by atoms with Crippen LogP contribution in [0, 0.1) is 5.92 Å². The average molecular weight is 534 g/mol. The highest BCUT2D eigenvalue weighted by Crippen LogP contribution is 2.46. The predicted octanol–water partition coefficient (Wildman–Crippen LogP) is 2.25. The van der Waals surface area contributed by atoms with E-state index >= 15 is 0 Å². The van der Waals surface area contributed by atoms with Crippen LogP contribution in [0.1, 0.15) is 37.0 Å². The molecule has 9 heteroatoms. The number of hydrogen-bond acceptors (Lipinski definition) is 6. The molecule has 2 aliphatic heterocycles. The van der Waals surface area contributed by atoms with E-state index in [1.807, 2.05) is 24.3 Å². The number of amides is 3. The minimum absolute atomic E-state index is 0.0427. The van der Waals surface area contributed by atoms with E-state index in [9.17, 15) is 29.7 Å². The second-order valence-electron chi connectivity index (χ2n) is 10.1. The maximum absolute atomic E-state index is 13.5. The van der Waals surface area contributed by atoms with E-state index in [2.05, 4.69) is 11.9 Å². The Bertz CT molecular complexity index is 1310. The summed E-state index contributed by atoms with van der Waals surface area (Å²) in [6.07, 6.45) is 4.24. The standard InChI is InChI=1S/C30H35N3O6/c1-4-14-32-26-13-12-23(31-28(37)20(3)35)16-25(26)30(39,29(32)38)19(2)8-7-11-27(36)33-17-22-10-6-5-9-21(22)15-24(33)18-34/h4-10,12-13,16,19-20,24,34-35,39H,1,11,14-15,17-18H2,2-3H3,(H,31,37)/b8-7+/t19-,20+,24+,30+/m1/s1. The van der Waals surface area contributed by atoms with Crippen LogP contribution in [0.4, 0.5) is 11.4 Å². The molecule has 206 valence electrons. The molecule has 3 amide bonds. The van der Waals surface area contributed by atoms with Gasteiger partial charge in [0, 0.05) is 36.7 Å². The zero-order valence-corrected chi connectivity index (χ0v) is 22.2. The summed E-state index contributed by atoms with van der Waals surface area (Å²) in [6.45, 7) is 7.19. The van der Waals surface area contributed by atoms with Crippen LogP contribution < -0.4 is 10.2 Å². The molecule has 0 bridgehead atoms. The number of aliphatic hydroxyl groups is 3. The lowest BCUT2D eigenvalue weighted by Crippen LogP contribution is -2.46. The lowest BCUT2D eigenvalue weighted by atomic mass is 9.82. The Morgan fingerprint density at radius 1 is 1.21 bits per heavy atom. The molecular weight excluding hydrogens is 498 g/mol. The summed E-state index contributed by atoms with van der Waals surface area (Å²) in [5, 5.41) is 33.8. The van der Waals surface area contributed by atoms with Crippen LogP contribution in [0.15, 0.2) is 67.3 Å². The molecule has 0 aliphatic carbocycles. The third kappa shape index (κ3) is 5.38. The highest BCUT2D eigenvalue weighted by atomic mass is 16.3. The van der Waals surface area contributed by atoms with Gasteiger partial charge in [0.05, 0.1) is 18.3 Å².